The fourth-order valence-corrected chi connectivity index (χ4v) is 7.21. The summed E-state index contributed by atoms with van der Waals surface area (Å²) < 4.78 is 22.0. The molecule has 0 amide bonds. The van der Waals surface area contributed by atoms with Gasteiger partial charge in [0.15, 0.2) is 29.8 Å². The first-order chi connectivity index (χ1) is 21.4. The number of carbonyl (C=O) groups is 4. The van der Waals surface area contributed by atoms with E-state index in [0.29, 0.717) is 24.9 Å². The number of hydrogen-bond acceptors (Lipinski definition) is 12. The van der Waals surface area contributed by atoms with E-state index in [9.17, 15) is 34.5 Å². The van der Waals surface area contributed by atoms with Gasteiger partial charge in [-0.25, -0.2) is 14.4 Å². The first kappa shape index (κ1) is 30.6. The maximum absolute atomic E-state index is 13.1. The van der Waals surface area contributed by atoms with Crippen molar-refractivity contribution in [2.45, 2.75) is 74.1 Å². The molecular formula is C32H33NO12. The SMILES string of the molecule is C[C@H](OC(=O)[C@@H](OC(=O)C[C@H](O)C(=O)OC1=CC[C@@]2(O)[C@H]3Cc4ccc(O)c5c4[C@@]2(CCN3C)[C@H]1O5)c1ccccc1)C(=O)O. The van der Waals surface area contributed by atoms with Gasteiger partial charge in [-0.3, -0.25) is 4.79 Å². The minimum absolute atomic E-state index is 0.0391. The van der Waals surface area contributed by atoms with Gasteiger partial charge in [0.2, 0.25) is 6.10 Å². The Hall–Kier alpha value is -4.46. The molecule has 6 rings (SSSR count). The lowest BCUT2D eigenvalue weighted by Crippen LogP contribution is -2.74. The Kier molecular flexibility index (Phi) is 7.58. The first-order valence-corrected chi connectivity index (χ1v) is 14.6. The fraction of sp³-hybridized carbons (Fsp3) is 0.438. The molecule has 2 aromatic rings. The molecule has 0 radical (unpaired) electrons. The third-order valence-corrected chi connectivity index (χ3v) is 9.41. The Morgan fingerprint density at radius 1 is 1.09 bits per heavy atom. The van der Waals surface area contributed by atoms with Crippen LogP contribution in [-0.2, 0) is 45.2 Å². The molecule has 2 heterocycles. The lowest BCUT2D eigenvalue weighted by Gasteiger charge is -2.61. The smallest absolute Gasteiger partial charge is 0.353 e. The zero-order chi connectivity index (χ0) is 32.3. The van der Waals surface area contributed by atoms with E-state index in [1.54, 1.807) is 18.2 Å². The van der Waals surface area contributed by atoms with Crippen LogP contribution in [0.3, 0.4) is 0 Å². The van der Waals surface area contributed by atoms with Gasteiger partial charge >= 0.3 is 23.9 Å². The van der Waals surface area contributed by atoms with Gasteiger partial charge in [-0.2, -0.15) is 0 Å². The second-order valence-corrected chi connectivity index (χ2v) is 11.9. The zero-order valence-electron chi connectivity index (χ0n) is 24.5. The van der Waals surface area contributed by atoms with Gasteiger partial charge in [-0.05, 0) is 51.1 Å². The number of phenolic OH excluding ortho intramolecular Hbond substituents is 1. The monoisotopic (exact) mass is 623 g/mol. The highest BCUT2D eigenvalue weighted by Gasteiger charge is 2.72. The molecule has 4 N–H and O–H groups in total. The molecule has 13 heteroatoms. The van der Waals surface area contributed by atoms with Crippen LogP contribution in [0.25, 0.3) is 0 Å². The summed E-state index contributed by atoms with van der Waals surface area (Å²) in [6.45, 7) is 1.76. The van der Waals surface area contributed by atoms with Crippen LogP contribution in [0.2, 0.25) is 0 Å². The van der Waals surface area contributed by atoms with Crippen LogP contribution >= 0.6 is 0 Å². The van der Waals surface area contributed by atoms with Crippen LogP contribution in [0.5, 0.6) is 11.5 Å². The Morgan fingerprint density at radius 3 is 2.53 bits per heavy atom. The number of nitrogens with zero attached hydrogens (tertiary/aromatic N) is 1. The number of aliphatic hydroxyl groups is 2. The molecular weight excluding hydrogens is 590 g/mol. The van der Waals surface area contributed by atoms with Gasteiger partial charge in [-0.15, -0.1) is 0 Å². The van der Waals surface area contributed by atoms with E-state index in [1.165, 1.54) is 24.3 Å². The summed E-state index contributed by atoms with van der Waals surface area (Å²) in [4.78, 5) is 51.9. The Bertz CT molecular complexity index is 1590. The van der Waals surface area contributed by atoms with Crippen molar-refractivity contribution in [3.8, 4) is 11.5 Å². The number of likely N-dealkylation sites (tertiary alicyclic amines) is 1. The summed E-state index contributed by atoms with van der Waals surface area (Å²) in [5.41, 5.74) is -0.494. The zero-order valence-corrected chi connectivity index (χ0v) is 24.5. The fourth-order valence-electron chi connectivity index (χ4n) is 7.21. The normalized spacial score (nSPS) is 28.0. The van der Waals surface area contributed by atoms with Crippen molar-refractivity contribution in [1.82, 2.24) is 4.90 Å². The quantitative estimate of drug-likeness (QED) is 0.231. The van der Waals surface area contributed by atoms with Gasteiger partial charge in [0.05, 0.1) is 17.4 Å². The summed E-state index contributed by atoms with van der Waals surface area (Å²) >= 11 is 0. The lowest BCUT2D eigenvalue weighted by molar-refractivity contribution is -0.179. The maximum atomic E-state index is 13.1. The second-order valence-electron chi connectivity index (χ2n) is 11.9. The van der Waals surface area contributed by atoms with Gasteiger partial charge in [0.1, 0.15) is 5.76 Å². The van der Waals surface area contributed by atoms with E-state index in [4.69, 9.17) is 24.1 Å². The highest BCUT2D eigenvalue weighted by molar-refractivity contribution is 5.86. The number of esters is 3. The molecule has 2 aliphatic carbocycles. The van der Waals surface area contributed by atoms with Gasteiger partial charge in [-0.1, -0.05) is 36.4 Å². The standard InChI is InChI=1S/C32H33NO12/c1-16(28(37)38)42-30(40)25(17-6-4-3-5-7-17)44-23(36)15-20(35)29(39)43-21-10-11-32(41)22-14-18-8-9-19(34)26-24(18)31(32,27(21)45-26)12-13-33(22)2/h3-10,16,20,22,25,27,34-35,41H,11-15H2,1-2H3,(H,37,38)/t16-,20-,22+,25-,27-,31-,32+/m0/s1. The molecule has 0 unspecified atom stereocenters. The van der Waals surface area contributed by atoms with E-state index in [0.717, 1.165) is 12.5 Å². The van der Waals surface area contributed by atoms with Crippen LogP contribution in [0.15, 0.2) is 54.3 Å². The van der Waals surface area contributed by atoms with Crippen molar-refractivity contribution < 1.29 is 58.6 Å². The van der Waals surface area contributed by atoms with Crippen LogP contribution < -0.4 is 4.74 Å². The van der Waals surface area contributed by atoms with Crippen molar-refractivity contribution >= 4 is 23.9 Å². The number of rotatable bonds is 9. The summed E-state index contributed by atoms with van der Waals surface area (Å²) in [5.74, 6) is -4.73. The molecule has 2 bridgehead atoms. The van der Waals surface area contributed by atoms with Crippen LogP contribution in [-0.4, -0.2) is 92.8 Å². The summed E-state index contributed by atoms with van der Waals surface area (Å²) in [7, 11) is 1.94. The number of piperidine rings is 1. The number of aliphatic hydroxyl groups excluding tert-OH is 1. The van der Waals surface area contributed by atoms with E-state index in [2.05, 4.69) is 4.90 Å². The minimum Gasteiger partial charge on any atom is -0.504 e. The molecule has 1 spiro atoms. The van der Waals surface area contributed by atoms with E-state index in [1.807, 2.05) is 13.1 Å². The van der Waals surface area contributed by atoms with Crippen LogP contribution in [0, 0.1) is 0 Å². The summed E-state index contributed by atoms with van der Waals surface area (Å²) in [5, 5.41) is 42.6. The van der Waals surface area contributed by atoms with Crippen molar-refractivity contribution in [2.75, 3.05) is 13.6 Å². The number of carboxylic acid groups (broad SMARTS) is 1. The molecule has 1 saturated heterocycles. The van der Waals surface area contributed by atoms with Crippen molar-refractivity contribution in [3.05, 3.63) is 71.0 Å². The van der Waals surface area contributed by atoms with E-state index >= 15 is 0 Å². The van der Waals surface area contributed by atoms with Crippen molar-refractivity contribution in [3.63, 3.8) is 0 Å². The lowest BCUT2D eigenvalue weighted by atomic mass is 9.50. The Balaban J connectivity index is 1.19. The third kappa shape index (κ3) is 4.82. The average Bonchev–Trinajstić information content (AvgIpc) is 3.37. The molecule has 2 aliphatic heterocycles. The molecule has 238 valence electrons. The minimum atomic E-state index is -2.01. The first-order valence-electron chi connectivity index (χ1n) is 14.6. The summed E-state index contributed by atoms with van der Waals surface area (Å²) in [6.07, 6.45) is -4.40. The number of aromatic hydroxyl groups is 1. The number of phenols is 1. The van der Waals surface area contributed by atoms with Gasteiger partial charge in [0, 0.05) is 23.6 Å². The molecule has 4 aliphatic rings. The molecule has 45 heavy (non-hydrogen) atoms. The van der Waals surface area contributed by atoms with E-state index in [-0.39, 0.29) is 35.3 Å². The molecule has 7 atom stereocenters. The topological polar surface area (TPSA) is 189 Å². The van der Waals surface area contributed by atoms with Crippen molar-refractivity contribution in [2.24, 2.45) is 0 Å². The van der Waals surface area contributed by atoms with Gasteiger partial charge in [0.25, 0.3) is 0 Å². The van der Waals surface area contributed by atoms with E-state index < -0.39 is 65.7 Å². The molecule has 0 aromatic heterocycles. The number of benzene rings is 2. The third-order valence-electron chi connectivity index (χ3n) is 9.41. The molecule has 2 aromatic carbocycles. The number of hydrogen-bond donors (Lipinski definition) is 4. The van der Waals surface area contributed by atoms with Crippen molar-refractivity contribution in [1.29, 1.82) is 0 Å². The largest absolute Gasteiger partial charge is 0.504 e. The number of ether oxygens (including phenoxy) is 4. The highest BCUT2D eigenvalue weighted by atomic mass is 16.6. The van der Waals surface area contributed by atoms with Crippen LogP contribution in [0.4, 0.5) is 0 Å². The second kappa shape index (κ2) is 11.2. The number of carbonyl (C=O) groups excluding carboxylic acids is 3. The summed E-state index contributed by atoms with van der Waals surface area (Å²) in [6, 6.07) is 10.8. The maximum Gasteiger partial charge on any atom is 0.353 e. The number of carboxylic acids is 1. The number of aliphatic carboxylic acids is 1. The predicted molar refractivity (Wildman–Crippen MR) is 152 cm³/mol. The Labute approximate surface area is 257 Å². The molecule has 1 fully saturated rings. The molecule has 0 saturated carbocycles. The Morgan fingerprint density at radius 2 is 1.82 bits per heavy atom. The average molecular weight is 624 g/mol. The van der Waals surface area contributed by atoms with Gasteiger partial charge < -0.3 is 44.3 Å². The highest BCUT2D eigenvalue weighted by Crippen LogP contribution is 2.65. The number of likely N-dealkylation sites (N-methyl/N-ethyl adjacent to an activating group) is 1. The predicted octanol–water partition coefficient (Wildman–Crippen LogP) is 1.26. The van der Waals surface area contributed by atoms with Crippen LogP contribution in [0.1, 0.15) is 49.0 Å². The molecule has 13 nitrogen and oxygen atoms in total.